The number of hydrogen-bond acceptors (Lipinski definition) is 4. The molecule has 0 radical (unpaired) electrons. The number of rotatable bonds is 4. The van der Waals surface area contributed by atoms with Gasteiger partial charge < -0.3 is 5.32 Å². The van der Waals surface area contributed by atoms with Crippen molar-refractivity contribution in [3.8, 4) is 0 Å². The largest absolute Gasteiger partial charge is 0.317 e. The van der Waals surface area contributed by atoms with Crippen LogP contribution in [0.1, 0.15) is 35.4 Å². The molecule has 1 aliphatic carbocycles. The van der Waals surface area contributed by atoms with Crippen LogP contribution in [0.15, 0.2) is 11.0 Å². The first-order chi connectivity index (χ1) is 8.92. The molecule has 0 atom stereocenters. The SMILES string of the molecule is CNC1CCC(NS(=O)(=O)c2cc(C)sc2C)CC1. The van der Waals surface area contributed by atoms with Crippen LogP contribution >= 0.6 is 11.3 Å². The van der Waals surface area contributed by atoms with E-state index >= 15 is 0 Å². The Morgan fingerprint density at radius 3 is 2.21 bits per heavy atom. The molecular formula is C13H22N2O2S2. The van der Waals surface area contributed by atoms with Gasteiger partial charge in [-0.05, 0) is 52.6 Å². The minimum atomic E-state index is -3.35. The molecule has 0 aromatic carbocycles. The molecule has 0 bridgehead atoms. The molecule has 1 saturated carbocycles. The molecule has 2 N–H and O–H groups in total. The van der Waals surface area contributed by atoms with Crippen molar-refractivity contribution in [1.29, 1.82) is 0 Å². The van der Waals surface area contributed by atoms with Gasteiger partial charge in [-0.25, -0.2) is 13.1 Å². The van der Waals surface area contributed by atoms with E-state index in [4.69, 9.17) is 0 Å². The molecule has 0 spiro atoms. The smallest absolute Gasteiger partial charge is 0.241 e. The van der Waals surface area contributed by atoms with E-state index in [1.54, 1.807) is 6.07 Å². The van der Waals surface area contributed by atoms with Crippen LogP contribution in [0.3, 0.4) is 0 Å². The second kappa shape index (κ2) is 5.91. The van der Waals surface area contributed by atoms with Gasteiger partial charge in [0.1, 0.15) is 0 Å². The molecule has 0 unspecified atom stereocenters. The van der Waals surface area contributed by atoms with Crippen molar-refractivity contribution in [1.82, 2.24) is 10.0 Å². The summed E-state index contributed by atoms with van der Waals surface area (Å²) in [5.74, 6) is 0. The first-order valence-corrected chi connectivity index (χ1v) is 8.99. The van der Waals surface area contributed by atoms with Crippen LogP contribution < -0.4 is 10.0 Å². The lowest BCUT2D eigenvalue weighted by molar-refractivity contribution is 0.343. The molecule has 1 aromatic rings. The van der Waals surface area contributed by atoms with Gasteiger partial charge in [0.05, 0.1) is 4.90 Å². The predicted octanol–water partition coefficient (Wildman–Crippen LogP) is 2.17. The molecule has 1 fully saturated rings. The van der Waals surface area contributed by atoms with Crippen LogP contribution in [0.2, 0.25) is 0 Å². The van der Waals surface area contributed by atoms with Crippen molar-refractivity contribution in [2.45, 2.75) is 56.5 Å². The van der Waals surface area contributed by atoms with E-state index in [-0.39, 0.29) is 6.04 Å². The Balaban J connectivity index is 2.04. The molecule has 4 nitrogen and oxygen atoms in total. The van der Waals surface area contributed by atoms with Crippen LogP contribution in [0.5, 0.6) is 0 Å². The third-order valence-electron chi connectivity index (χ3n) is 3.74. The van der Waals surface area contributed by atoms with Crippen molar-refractivity contribution >= 4 is 21.4 Å². The minimum Gasteiger partial charge on any atom is -0.317 e. The number of nitrogens with one attached hydrogen (secondary N) is 2. The third kappa shape index (κ3) is 3.56. The molecule has 6 heteroatoms. The van der Waals surface area contributed by atoms with E-state index < -0.39 is 10.0 Å². The molecule has 1 heterocycles. The van der Waals surface area contributed by atoms with Gasteiger partial charge >= 0.3 is 0 Å². The monoisotopic (exact) mass is 302 g/mol. The van der Waals surface area contributed by atoms with E-state index in [1.165, 1.54) is 11.3 Å². The number of sulfonamides is 1. The summed E-state index contributed by atoms with van der Waals surface area (Å²) in [6, 6.07) is 2.38. The van der Waals surface area contributed by atoms with Crippen molar-refractivity contribution in [3.05, 3.63) is 15.8 Å². The fourth-order valence-corrected chi connectivity index (χ4v) is 5.52. The Kier molecular flexibility index (Phi) is 4.66. The van der Waals surface area contributed by atoms with Gasteiger partial charge in [-0.1, -0.05) is 0 Å². The topological polar surface area (TPSA) is 58.2 Å². The first-order valence-electron chi connectivity index (χ1n) is 6.69. The second-order valence-corrected chi connectivity index (χ2v) is 8.38. The highest BCUT2D eigenvalue weighted by Crippen LogP contribution is 2.26. The first kappa shape index (κ1) is 15.0. The summed E-state index contributed by atoms with van der Waals surface area (Å²) in [6.07, 6.45) is 3.89. The average Bonchev–Trinajstić information content (AvgIpc) is 2.70. The van der Waals surface area contributed by atoms with Crippen molar-refractivity contribution in [2.75, 3.05) is 7.05 Å². The zero-order chi connectivity index (χ0) is 14.0. The van der Waals surface area contributed by atoms with Gasteiger partial charge in [-0.15, -0.1) is 11.3 Å². The van der Waals surface area contributed by atoms with Gasteiger partial charge in [0.25, 0.3) is 0 Å². The highest BCUT2D eigenvalue weighted by Gasteiger charge is 2.26. The van der Waals surface area contributed by atoms with Gasteiger partial charge in [0, 0.05) is 21.8 Å². The van der Waals surface area contributed by atoms with E-state index in [0.29, 0.717) is 10.9 Å². The highest BCUT2D eigenvalue weighted by molar-refractivity contribution is 7.89. The zero-order valence-corrected chi connectivity index (χ0v) is 13.3. The summed E-state index contributed by atoms with van der Waals surface area (Å²) in [5.41, 5.74) is 0. The lowest BCUT2D eigenvalue weighted by Crippen LogP contribution is -2.41. The summed E-state index contributed by atoms with van der Waals surface area (Å²) in [7, 11) is -1.39. The minimum absolute atomic E-state index is 0.0780. The molecule has 0 aliphatic heterocycles. The van der Waals surface area contributed by atoms with Gasteiger partial charge in [0.15, 0.2) is 0 Å². The maximum Gasteiger partial charge on any atom is 0.241 e. The van der Waals surface area contributed by atoms with Crippen LogP contribution in [0, 0.1) is 13.8 Å². The normalized spacial score (nSPS) is 24.6. The third-order valence-corrected chi connectivity index (χ3v) is 6.48. The van der Waals surface area contributed by atoms with E-state index in [2.05, 4.69) is 10.0 Å². The lowest BCUT2D eigenvalue weighted by atomic mass is 9.92. The average molecular weight is 302 g/mol. The van der Waals surface area contributed by atoms with Gasteiger partial charge in [-0.2, -0.15) is 0 Å². The summed E-state index contributed by atoms with van der Waals surface area (Å²) in [6.45, 7) is 3.80. The fourth-order valence-electron chi connectivity index (χ4n) is 2.66. The van der Waals surface area contributed by atoms with Crippen LogP contribution in [0.4, 0.5) is 0 Å². The fraction of sp³-hybridized carbons (Fsp3) is 0.692. The molecule has 2 rings (SSSR count). The standard InChI is InChI=1S/C13H22N2O2S2/c1-9-8-13(10(2)18-9)19(16,17)15-12-6-4-11(14-3)5-7-12/h8,11-12,14-15H,4-7H2,1-3H3. The molecule has 0 amide bonds. The maximum absolute atomic E-state index is 12.4. The summed E-state index contributed by atoms with van der Waals surface area (Å²) in [5, 5.41) is 3.26. The highest BCUT2D eigenvalue weighted by atomic mass is 32.2. The van der Waals surface area contributed by atoms with Crippen molar-refractivity contribution in [3.63, 3.8) is 0 Å². The van der Waals surface area contributed by atoms with Gasteiger partial charge in [-0.3, -0.25) is 0 Å². The van der Waals surface area contributed by atoms with Gasteiger partial charge in [0.2, 0.25) is 10.0 Å². The Morgan fingerprint density at radius 1 is 1.16 bits per heavy atom. The molecular weight excluding hydrogens is 280 g/mol. The Bertz CT molecular complexity index is 529. The van der Waals surface area contributed by atoms with E-state index in [1.807, 2.05) is 20.9 Å². The molecule has 19 heavy (non-hydrogen) atoms. The second-order valence-electron chi connectivity index (χ2n) is 5.24. The van der Waals surface area contributed by atoms with E-state index in [0.717, 1.165) is 35.4 Å². The molecule has 0 saturated heterocycles. The Labute approximate surface area is 119 Å². The van der Waals surface area contributed by atoms with Crippen LogP contribution in [-0.2, 0) is 10.0 Å². The number of aryl methyl sites for hydroxylation is 2. The maximum atomic E-state index is 12.4. The Hall–Kier alpha value is -0.430. The Morgan fingerprint density at radius 2 is 1.74 bits per heavy atom. The van der Waals surface area contributed by atoms with E-state index in [9.17, 15) is 8.42 Å². The number of hydrogen-bond donors (Lipinski definition) is 2. The van der Waals surface area contributed by atoms with Crippen LogP contribution in [0.25, 0.3) is 0 Å². The lowest BCUT2D eigenvalue weighted by Gasteiger charge is -2.28. The predicted molar refractivity (Wildman–Crippen MR) is 79.2 cm³/mol. The molecule has 1 aliphatic rings. The summed E-state index contributed by atoms with van der Waals surface area (Å²) < 4.78 is 27.6. The zero-order valence-electron chi connectivity index (χ0n) is 11.7. The molecule has 1 aromatic heterocycles. The quantitative estimate of drug-likeness (QED) is 0.896. The summed E-state index contributed by atoms with van der Waals surface area (Å²) in [4.78, 5) is 2.36. The van der Waals surface area contributed by atoms with Crippen molar-refractivity contribution in [2.24, 2.45) is 0 Å². The summed E-state index contributed by atoms with van der Waals surface area (Å²) >= 11 is 1.53. The number of thiophene rings is 1. The van der Waals surface area contributed by atoms with Crippen molar-refractivity contribution < 1.29 is 8.42 Å². The van der Waals surface area contributed by atoms with Crippen LogP contribution in [-0.4, -0.2) is 27.5 Å². The molecule has 108 valence electrons.